The molecule has 0 bridgehead atoms. The molecular weight excluding hydrogens is 180 g/mol. The van der Waals surface area contributed by atoms with Crippen molar-refractivity contribution in [1.82, 2.24) is 0 Å². The molecule has 0 spiro atoms. The molecule has 3 heteroatoms. The second-order valence-corrected chi connectivity index (χ2v) is 8.12. The second kappa shape index (κ2) is 5.86. The van der Waals surface area contributed by atoms with Crippen LogP contribution >= 0.6 is 0 Å². The smallest absolute Gasteiger partial charge is 0.261 e. The van der Waals surface area contributed by atoms with Crippen LogP contribution in [0, 0.1) is 0 Å². The van der Waals surface area contributed by atoms with E-state index in [2.05, 4.69) is 26.2 Å². The highest BCUT2D eigenvalue weighted by atomic mass is 28.4. The number of hydrogen-bond donors (Lipinski definition) is 0. The summed E-state index contributed by atoms with van der Waals surface area (Å²) < 4.78 is 11.1. The van der Waals surface area contributed by atoms with Gasteiger partial charge in [-0.1, -0.05) is 6.08 Å². The zero-order chi connectivity index (χ0) is 10.3. The van der Waals surface area contributed by atoms with Crippen LogP contribution in [0.15, 0.2) is 24.7 Å². The van der Waals surface area contributed by atoms with Gasteiger partial charge in [0.2, 0.25) is 8.32 Å². The molecule has 0 aliphatic heterocycles. The van der Waals surface area contributed by atoms with Crippen LogP contribution < -0.4 is 0 Å². The Balaban J connectivity index is 4.16. The minimum absolute atomic E-state index is 0.646. The molecule has 0 aromatic carbocycles. The predicted molar refractivity (Wildman–Crippen MR) is 59.0 cm³/mol. The molecule has 0 saturated carbocycles. The number of hydrogen-bond acceptors (Lipinski definition) is 2. The monoisotopic (exact) mass is 200 g/mol. The Hall–Kier alpha value is -0.703. The van der Waals surface area contributed by atoms with Crippen molar-refractivity contribution in [1.29, 1.82) is 0 Å². The van der Waals surface area contributed by atoms with Gasteiger partial charge in [0, 0.05) is 0 Å². The molecule has 13 heavy (non-hydrogen) atoms. The fraction of sp³-hybridized carbons (Fsp3) is 0.600. The standard InChI is InChI=1S/C10H20O2Si/c1-6-8-9-10(11-7-2)12-13(3,4)5/h6,9H,1,7-8H2,2-5H3/b10-9+. The lowest BCUT2D eigenvalue weighted by molar-refractivity contribution is 0.111. The van der Waals surface area contributed by atoms with Crippen molar-refractivity contribution in [2.24, 2.45) is 0 Å². The van der Waals surface area contributed by atoms with Crippen molar-refractivity contribution in [3.05, 3.63) is 24.7 Å². The molecule has 0 atom stereocenters. The van der Waals surface area contributed by atoms with E-state index in [4.69, 9.17) is 9.16 Å². The molecule has 76 valence electrons. The van der Waals surface area contributed by atoms with Gasteiger partial charge in [-0.05, 0) is 39.1 Å². The summed E-state index contributed by atoms with van der Waals surface area (Å²) in [6.45, 7) is 12.6. The van der Waals surface area contributed by atoms with E-state index in [1.54, 1.807) is 0 Å². The molecule has 0 saturated heterocycles. The molecule has 2 nitrogen and oxygen atoms in total. The third-order valence-corrected chi connectivity index (χ3v) is 1.96. The zero-order valence-corrected chi connectivity index (χ0v) is 10.1. The van der Waals surface area contributed by atoms with Gasteiger partial charge in [0.25, 0.3) is 5.95 Å². The van der Waals surface area contributed by atoms with Crippen molar-refractivity contribution < 1.29 is 9.16 Å². The summed E-state index contributed by atoms with van der Waals surface area (Å²) in [6, 6.07) is 0. The summed E-state index contributed by atoms with van der Waals surface area (Å²) in [5.41, 5.74) is 0. The summed E-state index contributed by atoms with van der Waals surface area (Å²) in [6.07, 6.45) is 4.54. The van der Waals surface area contributed by atoms with Crippen molar-refractivity contribution >= 4 is 8.32 Å². The van der Waals surface area contributed by atoms with Gasteiger partial charge in [0.15, 0.2) is 0 Å². The van der Waals surface area contributed by atoms with Gasteiger partial charge in [0.1, 0.15) is 0 Å². The summed E-state index contributed by atoms with van der Waals surface area (Å²) in [4.78, 5) is 0. The molecular formula is C10H20O2Si. The van der Waals surface area contributed by atoms with E-state index in [1.165, 1.54) is 0 Å². The van der Waals surface area contributed by atoms with E-state index in [0.717, 1.165) is 6.42 Å². The van der Waals surface area contributed by atoms with Crippen LogP contribution in [0.5, 0.6) is 0 Å². The van der Waals surface area contributed by atoms with Crippen LogP contribution in [-0.4, -0.2) is 14.9 Å². The molecule has 0 aromatic heterocycles. The summed E-state index contributed by atoms with van der Waals surface area (Å²) in [5, 5.41) is 0. The molecule has 0 aliphatic carbocycles. The first-order valence-corrected chi connectivity index (χ1v) is 8.03. The molecule has 0 aliphatic rings. The van der Waals surface area contributed by atoms with Crippen molar-refractivity contribution in [3.63, 3.8) is 0 Å². The van der Waals surface area contributed by atoms with E-state index in [-0.39, 0.29) is 0 Å². The van der Waals surface area contributed by atoms with Crippen molar-refractivity contribution in [2.45, 2.75) is 33.0 Å². The van der Waals surface area contributed by atoms with Gasteiger partial charge in [0.05, 0.1) is 6.61 Å². The first kappa shape index (κ1) is 12.3. The molecule has 0 aromatic rings. The van der Waals surface area contributed by atoms with E-state index in [0.29, 0.717) is 12.6 Å². The van der Waals surface area contributed by atoms with Crippen LogP contribution in [-0.2, 0) is 9.16 Å². The average molecular weight is 200 g/mol. The number of rotatable bonds is 6. The third kappa shape index (κ3) is 7.65. The van der Waals surface area contributed by atoms with E-state index in [1.807, 2.05) is 19.1 Å². The van der Waals surface area contributed by atoms with Gasteiger partial charge in [-0.25, -0.2) is 0 Å². The molecule has 0 heterocycles. The number of ether oxygens (including phenoxy) is 1. The van der Waals surface area contributed by atoms with Gasteiger partial charge in [-0.15, -0.1) is 6.58 Å². The third-order valence-electron chi connectivity index (χ3n) is 1.14. The van der Waals surface area contributed by atoms with Gasteiger partial charge in [-0.2, -0.15) is 0 Å². The molecule has 0 fully saturated rings. The van der Waals surface area contributed by atoms with E-state index >= 15 is 0 Å². The Labute approximate surface area is 82.4 Å². The summed E-state index contributed by atoms with van der Waals surface area (Å²) >= 11 is 0. The van der Waals surface area contributed by atoms with Crippen LogP contribution in [0.4, 0.5) is 0 Å². The number of allylic oxidation sites excluding steroid dienone is 2. The Bertz CT molecular complexity index is 180. The quantitative estimate of drug-likeness (QED) is 0.372. The van der Waals surface area contributed by atoms with E-state index < -0.39 is 8.32 Å². The van der Waals surface area contributed by atoms with Crippen LogP contribution in [0.2, 0.25) is 19.6 Å². The van der Waals surface area contributed by atoms with Gasteiger partial charge >= 0.3 is 0 Å². The van der Waals surface area contributed by atoms with E-state index in [9.17, 15) is 0 Å². The minimum Gasteiger partial charge on any atom is -0.520 e. The zero-order valence-electron chi connectivity index (χ0n) is 9.09. The highest BCUT2D eigenvalue weighted by Crippen LogP contribution is 2.12. The maximum atomic E-state index is 5.71. The van der Waals surface area contributed by atoms with Crippen LogP contribution in [0.3, 0.4) is 0 Å². The fourth-order valence-corrected chi connectivity index (χ4v) is 1.50. The van der Waals surface area contributed by atoms with Crippen molar-refractivity contribution in [2.75, 3.05) is 6.61 Å². The summed E-state index contributed by atoms with van der Waals surface area (Å²) in [7, 11) is -1.54. The Kier molecular flexibility index (Phi) is 5.54. The normalized spacial score (nSPS) is 12.5. The Morgan fingerprint density at radius 2 is 2.00 bits per heavy atom. The molecule has 0 radical (unpaired) electrons. The topological polar surface area (TPSA) is 18.5 Å². The molecule has 0 unspecified atom stereocenters. The highest BCUT2D eigenvalue weighted by Gasteiger charge is 2.17. The predicted octanol–water partition coefficient (Wildman–Crippen LogP) is 3.29. The van der Waals surface area contributed by atoms with Gasteiger partial charge in [-0.3, -0.25) is 0 Å². The average Bonchev–Trinajstić information content (AvgIpc) is 1.98. The SMILES string of the molecule is C=CC/C=C(\OCC)O[Si](C)(C)C. The molecule has 0 amide bonds. The molecule has 0 rings (SSSR count). The maximum absolute atomic E-state index is 5.71. The maximum Gasteiger partial charge on any atom is 0.261 e. The second-order valence-electron chi connectivity index (χ2n) is 3.69. The lowest BCUT2D eigenvalue weighted by Gasteiger charge is -2.21. The largest absolute Gasteiger partial charge is 0.520 e. The van der Waals surface area contributed by atoms with Crippen LogP contribution in [0.25, 0.3) is 0 Å². The fourth-order valence-electron chi connectivity index (χ4n) is 0.754. The highest BCUT2D eigenvalue weighted by molar-refractivity contribution is 6.69. The van der Waals surface area contributed by atoms with Crippen molar-refractivity contribution in [3.8, 4) is 0 Å². The first-order chi connectivity index (χ1) is 5.99. The van der Waals surface area contributed by atoms with Crippen LogP contribution in [0.1, 0.15) is 13.3 Å². The lowest BCUT2D eigenvalue weighted by Crippen LogP contribution is -2.25. The molecule has 0 N–H and O–H groups in total. The Morgan fingerprint density at radius 1 is 1.38 bits per heavy atom. The Morgan fingerprint density at radius 3 is 2.38 bits per heavy atom. The van der Waals surface area contributed by atoms with Gasteiger partial charge < -0.3 is 9.16 Å². The lowest BCUT2D eigenvalue weighted by atomic mass is 10.4. The summed E-state index contributed by atoms with van der Waals surface area (Å²) in [5.74, 6) is 0.654. The first-order valence-electron chi connectivity index (χ1n) is 4.62. The minimum atomic E-state index is -1.54.